The largest absolute Gasteiger partial charge is 0.443 e. The Labute approximate surface area is 140 Å². The molecule has 0 aliphatic carbocycles. The number of unbranched alkanes of at least 4 members (excludes halogenated alkanes) is 4. The van der Waals surface area contributed by atoms with Crippen molar-refractivity contribution in [2.24, 2.45) is 0 Å². The van der Waals surface area contributed by atoms with Gasteiger partial charge in [-0.3, -0.25) is 0 Å². The van der Waals surface area contributed by atoms with Gasteiger partial charge in [-0.15, -0.1) is 12.3 Å². The SMILES string of the molecule is C#CCCCCCCN(C(=O)OC(C)(C)C)C(=O)OC(C)(C)C. The molecule has 5 heteroatoms. The lowest BCUT2D eigenvalue weighted by atomic mass is 10.1. The van der Waals surface area contributed by atoms with E-state index in [2.05, 4.69) is 5.92 Å². The third-order valence-corrected chi connectivity index (χ3v) is 2.68. The van der Waals surface area contributed by atoms with Crippen molar-refractivity contribution in [1.29, 1.82) is 0 Å². The maximum absolute atomic E-state index is 12.2. The maximum Gasteiger partial charge on any atom is 0.419 e. The number of carbonyl (C=O) groups is 2. The van der Waals surface area contributed by atoms with E-state index in [9.17, 15) is 9.59 Å². The summed E-state index contributed by atoms with van der Waals surface area (Å²) < 4.78 is 10.6. The number of carbonyl (C=O) groups excluding carboxylic acids is 2. The van der Waals surface area contributed by atoms with Crippen LogP contribution in [0.3, 0.4) is 0 Å². The second-order valence-corrected chi connectivity index (χ2v) is 7.48. The molecule has 0 rings (SSSR count). The lowest BCUT2D eigenvalue weighted by Gasteiger charge is -2.28. The fourth-order valence-corrected chi connectivity index (χ4v) is 1.74. The molecule has 0 aliphatic rings. The fraction of sp³-hybridized carbons (Fsp3) is 0.778. The van der Waals surface area contributed by atoms with Crippen LogP contribution in [0.5, 0.6) is 0 Å². The van der Waals surface area contributed by atoms with Crippen LogP contribution in [0.2, 0.25) is 0 Å². The summed E-state index contributed by atoms with van der Waals surface area (Å²) in [6.45, 7) is 10.8. The lowest BCUT2D eigenvalue weighted by molar-refractivity contribution is 0.00119. The summed E-state index contributed by atoms with van der Waals surface area (Å²) in [7, 11) is 0. The van der Waals surface area contributed by atoms with Crippen LogP contribution < -0.4 is 0 Å². The Morgan fingerprint density at radius 2 is 1.30 bits per heavy atom. The Hall–Kier alpha value is -1.70. The van der Waals surface area contributed by atoms with Gasteiger partial charge in [0.1, 0.15) is 11.2 Å². The van der Waals surface area contributed by atoms with Crippen molar-refractivity contribution in [2.75, 3.05) is 6.54 Å². The molecule has 23 heavy (non-hydrogen) atoms. The summed E-state index contributed by atoms with van der Waals surface area (Å²) >= 11 is 0. The van der Waals surface area contributed by atoms with Crippen LogP contribution in [0.1, 0.15) is 73.6 Å². The van der Waals surface area contributed by atoms with Gasteiger partial charge in [-0.05, 0) is 54.4 Å². The van der Waals surface area contributed by atoms with E-state index in [0.717, 1.165) is 30.6 Å². The minimum absolute atomic E-state index is 0.278. The van der Waals surface area contributed by atoms with E-state index in [0.29, 0.717) is 6.42 Å². The fourth-order valence-electron chi connectivity index (χ4n) is 1.74. The Morgan fingerprint density at radius 3 is 1.70 bits per heavy atom. The van der Waals surface area contributed by atoms with Gasteiger partial charge in [-0.1, -0.05) is 12.8 Å². The molecular formula is C18H31NO4. The zero-order valence-corrected chi connectivity index (χ0v) is 15.4. The first-order valence-corrected chi connectivity index (χ1v) is 8.13. The molecule has 0 fully saturated rings. The molecule has 0 saturated heterocycles. The number of nitrogens with zero attached hydrogens (tertiary/aromatic N) is 1. The number of imide groups is 1. The van der Waals surface area contributed by atoms with E-state index in [4.69, 9.17) is 15.9 Å². The lowest BCUT2D eigenvalue weighted by Crippen LogP contribution is -2.44. The molecule has 0 aromatic heterocycles. The third kappa shape index (κ3) is 11.5. The summed E-state index contributed by atoms with van der Waals surface area (Å²) in [5.41, 5.74) is -1.33. The molecule has 132 valence electrons. The number of rotatable bonds is 6. The Kier molecular flexibility index (Phi) is 8.74. The van der Waals surface area contributed by atoms with Crippen molar-refractivity contribution in [3.8, 4) is 12.3 Å². The summed E-state index contributed by atoms with van der Waals surface area (Å²) in [5, 5.41) is 0. The molecule has 0 aliphatic heterocycles. The van der Waals surface area contributed by atoms with E-state index in [-0.39, 0.29) is 6.54 Å². The van der Waals surface area contributed by atoms with E-state index >= 15 is 0 Å². The molecule has 5 nitrogen and oxygen atoms in total. The molecule has 0 N–H and O–H groups in total. The molecule has 0 radical (unpaired) electrons. The number of hydrogen-bond donors (Lipinski definition) is 0. The highest BCUT2D eigenvalue weighted by atomic mass is 16.6. The standard InChI is InChI=1S/C18H31NO4/c1-8-9-10-11-12-13-14-19(15(20)22-17(2,3)4)16(21)23-18(5,6)7/h1H,9-14H2,2-7H3. The van der Waals surface area contributed by atoms with Gasteiger partial charge in [0.05, 0.1) is 0 Å². The van der Waals surface area contributed by atoms with Gasteiger partial charge >= 0.3 is 12.2 Å². The van der Waals surface area contributed by atoms with Gasteiger partial charge in [0.15, 0.2) is 0 Å². The Morgan fingerprint density at radius 1 is 0.870 bits per heavy atom. The van der Waals surface area contributed by atoms with Crippen molar-refractivity contribution in [1.82, 2.24) is 4.90 Å². The molecule has 0 aromatic rings. The molecule has 2 amide bonds. The second-order valence-electron chi connectivity index (χ2n) is 7.48. The first-order valence-electron chi connectivity index (χ1n) is 8.13. The Bertz CT molecular complexity index is 396. The van der Waals surface area contributed by atoms with Crippen molar-refractivity contribution in [3.63, 3.8) is 0 Å². The third-order valence-electron chi connectivity index (χ3n) is 2.68. The average molecular weight is 325 g/mol. The van der Waals surface area contributed by atoms with Gasteiger partial charge in [0.2, 0.25) is 0 Å². The summed E-state index contributed by atoms with van der Waals surface area (Å²) in [6.07, 6.45) is 8.13. The average Bonchev–Trinajstić information content (AvgIpc) is 2.33. The van der Waals surface area contributed by atoms with Crippen LogP contribution in [0.25, 0.3) is 0 Å². The molecule has 0 spiro atoms. The number of hydrogen-bond acceptors (Lipinski definition) is 4. The minimum Gasteiger partial charge on any atom is -0.443 e. The van der Waals surface area contributed by atoms with E-state index in [1.54, 1.807) is 41.5 Å². The summed E-state index contributed by atoms with van der Waals surface area (Å²) in [6, 6.07) is 0. The summed E-state index contributed by atoms with van der Waals surface area (Å²) in [4.78, 5) is 25.5. The van der Waals surface area contributed by atoms with E-state index in [1.165, 1.54) is 0 Å². The number of ether oxygens (including phenoxy) is 2. The number of amides is 2. The second kappa shape index (κ2) is 9.44. The van der Waals surface area contributed by atoms with E-state index in [1.807, 2.05) is 0 Å². The topological polar surface area (TPSA) is 55.8 Å². The molecular weight excluding hydrogens is 294 g/mol. The highest BCUT2D eigenvalue weighted by molar-refractivity contribution is 5.88. The van der Waals surface area contributed by atoms with Gasteiger partial charge < -0.3 is 9.47 Å². The Balaban J connectivity index is 4.65. The minimum atomic E-state index is -0.671. The molecule has 0 bridgehead atoms. The van der Waals surface area contributed by atoms with Crippen LogP contribution in [-0.2, 0) is 9.47 Å². The van der Waals surface area contributed by atoms with Gasteiger partial charge in [0, 0.05) is 13.0 Å². The van der Waals surface area contributed by atoms with Crippen molar-refractivity contribution >= 4 is 12.2 Å². The van der Waals surface area contributed by atoms with Crippen molar-refractivity contribution in [3.05, 3.63) is 0 Å². The zero-order chi connectivity index (χ0) is 18.1. The van der Waals surface area contributed by atoms with E-state index < -0.39 is 23.4 Å². The summed E-state index contributed by atoms with van der Waals surface area (Å²) in [5.74, 6) is 2.60. The predicted octanol–water partition coefficient (Wildman–Crippen LogP) is 4.74. The normalized spacial score (nSPS) is 11.5. The zero-order valence-electron chi connectivity index (χ0n) is 15.4. The maximum atomic E-state index is 12.2. The van der Waals surface area contributed by atoms with Crippen molar-refractivity contribution < 1.29 is 19.1 Å². The smallest absolute Gasteiger partial charge is 0.419 e. The number of terminal acetylenes is 1. The molecule has 0 unspecified atom stereocenters. The highest BCUT2D eigenvalue weighted by Gasteiger charge is 2.30. The van der Waals surface area contributed by atoms with Crippen LogP contribution in [-0.4, -0.2) is 34.8 Å². The van der Waals surface area contributed by atoms with Gasteiger partial charge in [-0.25, -0.2) is 14.5 Å². The first-order chi connectivity index (χ1) is 10.5. The predicted molar refractivity (Wildman–Crippen MR) is 91.1 cm³/mol. The monoisotopic (exact) mass is 325 g/mol. The van der Waals surface area contributed by atoms with Crippen molar-refractivity contribution in [2.45, 2.75) is 84.8 Å². The van der Waals surface area contributed by atoms with Crippen LogP contribution in [0.15, 0.2) is 0 Å². The van der Waals surface area contributed by atoms with Gasteiger partial charge in [0.25, 0.3) is 0 Å². The molecule has 0 aromatic carbocycles. The van der Waals surface area contributed by atoms with Crippen LogP contribution >= 0.6 is 0 Å². The van der Waals surface area contributed by atoms with Crippen LogP contribution in [0.4, 0.5) is 9.59 Å². The molecule has 0 heterocycles. The quantitative estimate of drug-likeness (QED) is 0.523. The molecule has 0 saturated carbocycles. The van der Waals surface area contributed by atoms with Gasteiger partial charge in [-0.2, -0.15) is 0 Å². The first kappa shape index (κ1) is 21.3. The highest BCUT2D eigenvalue weighted by Crippen LogP contribution is 2.15. The van der Waals surface area contributed by atoms with Crippen LogP contribution in [0, 0.1) is 12.3 Å². The molecule has 0 atom stereocenters.